The highest BCUT2D eigenvalue weighted by Crippen LogP contribution is 2.22. The Bertz CT molecular complexity index is 1240. The number of carbonyl (C=O) groups is 4. The third-order valence-electron chi connectivity index (χ3n) is 5.14. The molecule has 1 aromatic carbocycles. The van der Waals surface area contributed by atoms with Gasteiger partial charge in [-0.05, 0) is 23.6 Å². The number of benzene rings is 1. The monoisotopic (exact) mass is 519 g/mol. The molecular formula is C22H29N7O8. The number of aliphatic carboxylic acids is 2. The second-order valence-corrected chi connectivity index (χ2v) is 8.48. The number of nitrogens with two attached hydrogens (primary N) is 2. The van der Waals surface area contributed by atoms with Gasteiger partial charge >= 0.3 is 17.6 Å². The molecule has 0 radical (unpaired) electrons. The van der Waals surface area contributed by atoms with Crippen LogP contribution in [-0.2, 0) is 25.6 Å². The Hall–Kier alpha value is -4.82. The molecule has 1 heterocycles. The molecule has 0 unspecified atom stereocenters. The lowest BCUT2D eigenvalue weighted by molar-refractivity contribution is -0.143. The third-order valence-corrected chi connectivity index (χ3v) is 5.14. The summed E-state index contributed by atoms with van der Waals surface area (Å²) >= 11 is 0. The number of carbonyl (C=O) groups excluding carboxylic acids is 2. The Morgan fingerprint density at radius 1 is 1.14 bits per heavy atom. The molecule has 15 heteroatoms. The van der Waals surface area contributed by atoms with Crippen molar-refractivity contribution in [1.29, 1.82) is 0 Å². The van der Waals surface area contributed by atoms with E-state index in [0.717, 1.165) is 6.92 Å². The second kappa shape index (κ2) is 11.7. The Labute approximate surface area is 210 Å². The fourth-order valence-electron chi connectivity index (χ4n) is 3.64. The van der Waals surface area contributed by atoms with Gasteiger partial charge in [0.25, 0.3) is 5.91 Å². The van der Waals surface area contributed by atoms with Crippen molar-refractivity contribution in [1.82, 2.24) is 15.0 Å². The molecule has 0 fully saturated rings. The first kappa shape index (κ1) is 28.4. The minimum absolute atomic E-state index is 0.0398. The first-order chi connectivity index (χ1) is 17.2. The van der Waals surface area contributed by atoms with Crippen LogP contribution in [0.4, 0.5) is 5.69 Å². The van der Waals surface area contributed by atoms with Crippen LogP contribution < -0.4 is 27.5 Å². The highest BCUT2D eigenvalue weighted by molar-refractivity contribution is 5.99. The van der Waals surface area contributed by atoms with Gasteiger partial charge in [0, 0.05) is 13.3 Å². The number of guanidine groups is 1. The van der Waals surface area contributed by atoms with E-state index in [0.29, 0.717) is 20.9 Å². The van der Waals surface area contributed by atoms with Gasteiger partial charge in [0.15, 0.2) is 12.0 Å². The molecule has 0 saturated carbocycles. The summed E-state index contributed by atoms with van der Waals surface area (Å²) in [5.41, 5.74) is 10.6. The van der Waals surface area contributed by atoms with Crippen molar-refractivity contribution < 1.29 is 34.5 Å². The van der Waals surface area contributed by atoms with Crippen LogP contribution in [0, 0.1) is 5.92 Å². The maximum atomic E-state index is 13.4. The number of carboxylic acid groups (broad SMARTS) is 2. The molecule has 15 nitrogen and oxygen atoms in total. The van der Waals surface area contributed by atoms with Crippen molar-refractivity contribution in [3.8, 4) is 5.88 Å². The molecule has 37 heavy (non-hydrogen) atoms. The summed E-state index contributed by atoms with van der Waals surface area (Å²) in [5.74, 6) is -6.67. The number of nitrogens with zero attached hydrogens (tertiary/aromatic N) is 3. The smallest absolute Gasteiger partial charge is 0.348 e. The van der Waals surface area contributed by atoms with Gasteiger partial charge in [0.05, 0.1) is 17.8 Å². The summed E-state index contributed by atoms with van der Waals surface area (Å²) in [4.78, 5) is 67.7. The zero-order valence-corrected chi connectivity index (χ0v) is 20.3. The van der Waals surface area contributed by atoms with E-state index in [1.807, 2.05) is 0 Å². The summed E-state index contributed by atoms with van der Waals surface area (Å²) in [6.07, 6.45) is -0.934. The summed E-state index contributed by atoms with van der Waals surface area (Å²) in [6.45, 7) is 3.95. The van der Waals surface area contributed by atoms with Gasteiger partial charge in [-0.25, -0.2) is 19.6 Å². The van der Waals surface area contributed by atoms with Gasteiger partial charge in [-0.1, -0.05) is 26.0 Å². The second-order valence-electron chi connectivity index (χ2n) is 8.48. The van der Waals surface area contributed by atoms with E-state index in [4.69, 9.17) is 11.5 Å². The number of aromatic hydroxyl groups is 1. The van der Waals surface area contributed by atoms with Crippen LogP contribution in [0.3, 0.4) is 0 Å². The molecule has 200 valence electrons. The number of aromatic amines is 1. The van der Waals surface area contributed by atoms with Crippen molar-refractivity contribution in [2.24, 2.45) is 22.4 Å². The summed E-state index contributed by atoms with van der Waals surface area (Å²) in [6, 6.07) is 2.98. The number of rotatable bonds is 11. The van der Waals surface area contributed by atoms with Crippen molar-refractivity contribution in [3.05, 3.63) is 46.0 Å². The quantitative estimate of drug-likeness (QED) is 0.140. The van der Waals surface area contributed by atoms with Crippen molar-refractivity contribution >= 4 is 35.4 Å². The lowest BCUT2D eigenvalue weighted by atomic mass is 10.0. The maximum Gasteiger partial charge on any atom is 0.348 e. The van der Waals surface area contributed by atoms with Crippen LogP contribution in [-0.4, -0.2) is 66.8 Å². The number of carboxylic acids is 2. The van der Waals surface area contributed by atoms with Crippen LogP contribution >= 0.6 is 0 Å². The number of nitrogens with one attached hydrogen (secondary N) is 2. The van der Waals surface area contributed by atoms with E-state index in [1.165, 1.54) is 13.8 Å². The standard InChI is InChI=1S/C22H29N7O8/c1-10(2)17(20(35)36)28(18(33)15(9-16(31)32)25-11(3)30)29-19(34)14(27-22(29)37)8-12-4-6-13(7-5-12)26-21(23)24/h4-7,10,15,17,34H,8-9H2,1-3H3,(H,25,30)(H,27,37)(H,31,32)(H,35,36)(H4,23,24,26)/t15-,17-/m0/s1. The number of hydrogen-bond acceptors (Lipinski definition) is 7. The van der Waals surface area contributed by atoms with Crippen molar-refractivity contribution in [2.45, 2.75) is 45.7 Å². The Morgan fingerprint density at radius 2 is 1.73 bits per heavy atom. The highest BCUT2D eigenvalue weighted by Gasteiger charge is 2.40. The summed E-state index contributed by atoms with van der Waals surface area (Å²) < 4.78 is 0.431. The molecule has 0 bridgehead atoms. The Balaban J connectivity index is 2.60. The average molecular weight is 520 g/mol. The Kier molecular flexibility index (Phi) is 9.02. The molecule has 2 atom stereocenters. The SMILES string of the molecule is CC(=O)N[C@@H](CC(=O)O)C(=O)N([C@H](C(=O)O)C(C)C)n1c(O)c(Cc2ccc(N=C(N)N)cc2)[nH]c1=O. The molecule has 9 N–H and O–H groups in total. The fraction of sp³-hybridized carbons (Fsp3) is 0.364. The van der Waals surface area contributed by atoms with Gasteiger partial charge in [0.1, 0.15) is 6.04 Å². The van der Waals surface area contributed by atoms with Crippen LogP contribution in [0.15, 0.2) is 34.1 Å². The molecule has 0 aliphatic rings. The van der Waals surface area contributed by atoms with Gasteiger partial charge in [-0.3, -0.25) is 14.4 Å². The van der Waals surface area contributed by atoms with Crippen LogP contribution in [0.25, 0.3) is 0 Å². The van der Waals surface area contributed by atoms with E-state index in [-0.39, 0.29) is 18.1 Å². The van der Waals surface area contributed by atoms with E-state index >= 15 is 0 Å². The first-order valence-electron chi connectivity index (χ1n) is 11.0. The van der Waals surface area contributed by atoms with Crippen LogP contribution in [0.2, 0.25) is 0 Å². The molecule has 2 aromatic rings. The first-order valence-corrected chi connectivity index (χ1v) is 11.0. The van der Waals surface area contributed by atoms with Gasteiger partial charge in [-0.2, -0.15) is 4.68 Å². The van der Waals surface area contributed by atoms with E-state index in [9.17, 15) is 39.3 Å². The molecule has 2 amide bonds. The number of H-pyrrole nitrogens is 1. The average Bonchev–Trinajstić information content (AvgIpc) is 3.03. The summed E-state index contributed by atoms with van der Waals surface area (Å²) in [5, 5.41) is 32.6. The van der Waals surface area contributed by atoms with Crippen LogP contribution in [0.1, 0.15) is 38.4 Å². The number of hydrogen-bond donors (Lipinski definition) is 7. The predicted molar refractivity (Wildman–Crippen MR) is 131 cm³/mol. The molecule has 0 aliphatic heterocycles. The fourth-order valence-corrected chi connectivity index (χ4v) is 3.64. The molecule has 0 spiro atoms. The molecule has 0 aliphatic carbocycles. The lowest BCUT2D eigenvalue weighted by Gasteiger charge is -2.33. The van der Waals surface area contributed by atoms with E-state index < -0.39 is 59.7 Å². The molecule has 0 saturated heterocycles. The zero-order chi connectivity index (χ0) is 28.0. The van der Waals surface area contributed by atoms with Gasteiger partial charge in [0.2, 0.25) is 11.8 Å². The third kappa shape index (κ3) is 7.09. The maximum absolute atomic E-state index is 13.4. The minimum atomic E-state index is -1.72. The van der Waals surface area contributed by atoms with E-state index in [2.05, 4.69) is 15.3 Å². The Morgan fingerprint density at radius 3 is 2.19 bits per heavy atom. The lowest BCUT2D eigenvalue weighted by Crippen LogP contribution is -2.62. The topological polar surface area (TPSA) is 246 Å². The van der Waals surface area contributed by atoms with Gasteiger partial charge < -0.3 is 37.1 Å². The number of imidazole rings is 1. The highest BCUT2D eigenvalue weighted by atomic mass is 16.4. The van der Waals surface area contributed by atoms with Crippen molar-refractivity contribution in [3.63, 3.8) is 0 Å². The normalized spacial score (nSPS) is 12.4. The number of aliphatic imine (C=N–C) groups is 1. The number of aromatic nitrogens is 2. The van der Waals surface area contributed by atoms with Crippen molar-refractivity contribution in [2.75, 3.05) is 5.01 Å². The largest absolute Gasteiger partial charge is 0.492 e. The zero-order valence-electron chi connectivity index (χ0n) is 20.3. The minimum Gasteiger partial charge on any atom is -0.492 e. The van der Waals surface area contributed by atoms with Gasteiger partial charge in [-0.15, -0.1) is 0 Å². The summed E-state index contributed by atoms with van der Waals surface area (Å²) in [7, 11) is 0. The van der Waals surface area contributed by atoms with Crippen LogP contribution in [0.5, 0.6) is 5.88 Å². The molecular weight excluding hydrogens is 490 g/mol. The number of amides is 2. The molecule has 1 aromatic heterocycles. The van der Waals surface area contributed by atoms with E-state index in [1.54, 1.807) is 24.3 Å². The molecule has 2 rings (SSSR count). The predicted octanol–water partition coefficient (Wildman–Crippen LogP) is -1.07.